The van der Waals surface area contributed by atoms with Gasteiger partial charge in [0.25, 0.3) is 0 Å². The van der Waals surface area contributed by atoms with Crippen molar-refractivity contribution >= 4 is 0 Å². The summed E-state index contributed by atoms with van der Waals surface area (Å²) in [6, 6.07) is 2.95. The van der Waals surface area contributed by atoms with Crippen LogP contribution in [0.25, 0.3) is 0 Å². The highest BCUT2D eigenvalue weighted by atomic mass is 14.9. The summed E-state index contributed by atoms with van der Waals surface area (Å²) in [7, 11) is 0. The van der Waals surface area contributed by atoms with E-state index in [-0.39, 0.29) is 5.92 Å². The van der Waals surface area contributed by atoms with Gasteiger partial charge in [-0.25, -0.2) is 0 Å². The highest BCUT2D eigenvalue weighted by Gasteiger charge is 2.23. The topological polar surface area (TPSA) is 35.8 Å². The molecule has 0 aromatic carbocycles. The van der Waals surface area contributed by atoms with Crippen molar-refractivity contribution in [1.29, 1.82) is 5.26 Å². The SMILES string of the molecule is CCCCCCCCCCNC1CCCCC1C#N. The summed E-state index contributed by atoms with van der Waals surface area (Å²) in [6.45, 7) is 3.38. The summed E-state index contributed by atoms with van der Waals surface area (Å²) in [6.07, 6.45) is 15.8. The zero-order valence-electron chi connectivity index (χ0n) is 12.8. The van der Waals surface area contributed by atoms with Crippen molar-refractivity contribution in [3.63, 3.8) is 0 Å². The lowest BCUT2D eigenvalue weighted by atomic mass is 9.85. The van der Waals surface area contributed by atoms with Crippen LogP contribution >= 0.6 is 0 Å². The van der Waals surface area contributed by atoms with Gasteiger partial charge in [-0.15, -0.1) is 0 Å². The molecule has 0 aliphatic heterocycles. The first-order valence-electron chi connectivity index (χ1n) is 8.51. The maximum atomic E-state index is 9.11. The molecule has 110 valence electrons. The molecule has 1 N–H and O–H groups in total. The van der Waals surface area contributed by atoms with Crippen molar-refractivity contribution in [1.82, 2.24) is 5.32 Å². The first kappa shape index (κ1) is 16.5. The van der Waals surface area contributed by atoms with E-state index in [0.717, 1.165) is 13.0 Å². The second-order valence-electron chi connectivity index (χ2n) is 6.06. The standard InChI is InChI=1S/C17H32N2/c1-2-3-4-5-6-7-8-11-14-19-17-13-10-9-12-16(17)15-18/h16-17,19H,2-14H2,1H3. The van der Waals surface area contributed by atoms with Gasteiger partial charge in [-0.1, -0.05) is 64.7 Å². The number of unbranched alkanes of at least 4 members (excludes halogenated alkanes) is 7. The van der Waals surface area contributed by atoms with Crippen LogP contribution in [0.2, 0.25) is 0 Å². The Morgan fingerprint density at radius 2 is 1.58 bits per heavy atom. The molecule has 0 heterocycles. The molecule has 0 saturated heterocycles. The Balaban J connectivity index is 1.91. The van der Waals surface area contributed by atoms with Gasteiger partial charge in [-0.3, -0.25) is 0 Å². The molecule has 1 rings (SSSR count). The largest absolute Gasteiger partial charge is 0.313 e. The Hall–Kier alpha value is -0.550. The smallest absolute Gasteiger partial charge is 0.0672 e. The van der Waals surface area contributed by atoms with E-state index in [0.29, 0.717) is 6.04 Å². The van der Waals surface area contributed by atoms with Gasteiger partial charge in [-0.05, 0) is 25.8 Å². The molecule has 1 fully saturated rings. The maximum Gasteiger partial charge on any atom is 0.0672 e. The lowest BCUT2D eigenvalue weighted by Crippen LogP contribution is -2.38. The molecule has 2 heteroatoms. The molecule has 1 aliphatic carbocycles. The van der Waals surface area contributed by atoms with Gasteiger partial charge in [-0.2, -0.15) is 5.26 Å². The molecule has 0 bridgehead atoms. The van der Waals surface area contributed by atoms with Gasteiger partial charge >= 0.3 is 0 Å². The zero-order chi connectivity index (χ0) is 13.8. The van der Waals surface area contributed by atoms with Crippen LogP contribution in [0.3, 0.4) is 0 Å². The molecule has 0 radical (unpaired) electrons. The molecule has 2 nitrogen and oxygen atoms in total. The summed E-state index contributed by atoms with van der Waals surface area (Å²) in [5.74, 6) is 0.266. The van der Waals surface area contributed by atoms with E-state index in [1.807, 2.05) is 0 Å². The molecule has 0 amide bonds. The van der Waals surface area contributed by atoms with Crippen LogP contribution in [-0.2, 0) is 0 Å². The lowest BCUT2D eigenvalue weighted by Gasteiger charge is -2.27. The fraction of sp³-hybridized carbons (Fsp3) is 0.941. The molecular weight excluding hydrogens is 232 g/mol. The molecular formula is C17H32N2. The third-order valence-corrected chi connectivity index (χ3v) is 4.37. The van der Waals surface area contributed by atoms with Crippen LogP contribution in [0.1, 0.15) is 84.0 Å². The summed E-state index contributed by atoms with van der Waals surface area (Å²) in [5.41, 5.74) is 0. The highest BCUT2D eigenvalue weighted by molar-refractivity contribution is 4.94. The molecule has 1 aliphatic rings. The van der Waals surface area contributed by atoms with Crippen molar-refractivity contribution in [2.75, 3.05) is 6.54 Å². The molecule has 1 saturated carbocycles. The lowest BCUT2D eigenvalue weighted by molar-refractivity contribution is 0.311. The zero-order valence-corrected chi connectivity index (χ0v) is 12.8. The fourth-order valence-electron chi connectivity index (χ4n) is 3.08. The minimum atomic E-state index is 0.266. The quantitative estimate of drug-likeness (QED) is 0.575. The molecule has 19 heavy (non-hydrogen) atoms. The number of nitrogens with zero attached hydrogens (tertiary/aromatic N) is 1. The Morgan fingerprint density at radius 3 is 2.26 bits per heavy atom. The van der Waals surface area contributed by atoms with E-state index in [9.17, 15) is 0 Å². The first-order valence-corrected chi connectivity index (χ1v) is 8.51. The van der Waals surface area contributed by atoms with Crippen LogP contribution < -0.4 is 5.32 Å². The third kappa shape index (κ3) is 7.57. The van der Waals surface area contributed by atoms with Gasteiger partial charge in [0.05, 0.1) is 12.0 Å². The van der Waals surface area contributed by atoms with Gasteiger partial charge < -0.3 is 5.32 Å². The van der Waals surface area contributed by atoms with Gasteiger partial charge in [0, 0.05) is 6.04 Å². The van der Waals surface area contributed by atoms with Crippen molar-refractivity contribution in [3.8, 4) is 6.07 Å². The average Bonchev–Trinajstić information content (AvgIpc) is 2.46. The Morgan fingerprint density at radius 1 is 0.947 bits per heavy atom. The predicted octanol–water partition coefficient (Wildman–Crippen LogP) is 4.80. The number of rotatable bonds is 10. The summed E-state index contributed by atoms with van der Waals surface area (Å²) < 4.78 is 0. The van der Waals surface area contributed by atoms with E-state index in [1.165, 1.54) is 70.6 Å². The molecule has 0 spiro atoms. The highest BCUT2D eigenvalue weighted by Crippen LogP contribution is 2.23. The van der Waals surface area contributed by atoms with Gasteiger partial charge in [0.2, 0.25) is 0 Å². The van der Waals surface area contributed by atoms with Crippen LogP contribution in [0.5, 0.6) is 0 Å². The number of hydrogen-bond donors (Lipinski definition) is 1. The fourth-order valence-corrected chi connectivity index (χ4v) is 3.08. The van der Waals surface area contributed by atoms with Crippen molar-refractivity contribution in [2.24, 2.45) is 5.92 Å². The van der Waals surface area contributed by atoms with Crippen LogP contribution in [0, 0.1) is 17.2 Å². The summed E-state index contributed by atoms with van der Waals surface area (Å²) in [5, 5.41) is 12.7. The Bertz CT molecular complexity index is 244. The summed E-state index contributed by atoms with van der Waals surface area (Å²) in [4.78, 5) is 0. The van der Waals surface area contributed by atoms with Crippen molar-refractivity contribution in [2.45, 2.75) is 90.0 Å². The van der Waals surface area contributed by atoms with Crippen molar-refractivity contribution < 1.29 is 0 Å². The normalized spacial score (nSPS) is 23.2. The van der Waals surface area contributed by atoms with Gasteiger partial charge in [0.15, 0.2) is 0 Å². The van der Waals surface area contributed by atoms with E-state index in [4.69, 9.17) is 5.26 Å². The second kappa shape index (κ2) is 11.3. The first-order chi connectivity index (χ1) is 9.38. The summed E-state index contributed by atoms with van der Waals surface area (Å²) >= 11 is 0. The third-order valence-electron chi connectivity index (χ3n) is 4.37. The molecule has 0 aromatic heterocycles. The molecule has 0 aromatic rings. The van der Waals surface area contributed by atoms with E-state index in [1.54, 1.807) is 0 Å². The molecule has 2 unspecified atom stereocenters. The number of nitrogens with one attached hydrogen (secondary N) is 1. The van der Waals surface area contributed by atoms with Crippen molar-refractivity contribution in [3.05, 3.63) is 0 Å². The Labute approximate surface area is 120 Å². The number of nitriles is 1. The minimum Gasteiger partial charge on any atom is -0.313 e. The Kier molecular flexibility index (Phi) is 9.81. The van der Waals surface area contributed by atoms with Crippen LogP contribution in [0.4, 0.5) is 0 Å². The second-order valence-corrected chi connectivity index (χ2v) is 6.06. The average molecular weight is 264 g/mol. The van der Waals surface area contributed by atoms with E-state index in [2.05, 4.69) is 18.3 Å². The van der Waals surface area contributed by atoms with Crippen LogP contribution in [-0.4, -0.2) is 12.6 Å². The maximum absolute atomic E-state index is 9.11. The number of hydrogen-bond acceptors (Lipinski definition) is 2. The van der Waals surface area contributed by atoms with Gasteiger partial charge in [0.1, 0.15) is 0 Å². The van der Waals surface area contributed by atoms with Crippen LogP contribution in [0.15, 0.2) is 0 Å². The monoisotopic (exact) mass is 264 g/mol. The van der Waals surface area contributed by atoms with E-state index >= 15 is 0 Å². The minimum absolute atomic E-state index is 0.266. The molecule has 2 atom stereocenters. The van der Waals surface area contributed by atoms with E-state index < -0.39 is 0 Å². The predicted molar refractivity (Wildman–Crippen MR) is 82.0 cm³/mol.